The quantitative estimate of drug-likeness (QED) is 0.693. The molecule has 5 nitrogen and oxygen atoms in total. The highest BCUT2D eigenvalue weighted by Gasteiger charge is 2.31. The van der Waals surface area contributed by atoms with Crippen LogP contribution in [-0.2, 0) is 9.59 Å². The fourth-order valence-electron chi connectivity index (χ4n) is 2.48. The Labute approximate surface area is 96.1 Å². The van der Waals surface area contributed by atoms with Gasteiger partial charge in [-0.1, -0.05) is 6.92 Å². The topological polar surface area (TPSA) is 89.4 Å². The third kappa shape index (κ3) is 3.48. The van der Waals surface area contributed by atoms with Crippen molar-refractivity contribution < 1.29 is 9.59 Å². The summed E-state index contributed by atoms with van der Waals surface area (Å²) in [5, 5.41) is 0. The van der Waals surface area contributed by atoms with E-state index in [-0.39, 0.29) is 24.4 Å². The lowest BCUT2D eigenvalue weighted by molar-refractivity contribution is -0.138. The van der Waals surface area contributed by atoms with E-state index in [1.165, 1.54) is 4.90 Å². The van der Waals surface area contributed by atoms with Crippen molar-refractivity contribution in [3.63, 3.8) is 0 Å². The molecule has 1 aliphatic rings. The largest absolute Gasteiger partial charge is 0.368 e. The van der Waals surface area contributed by atoms with E-state index in [1.54, 1.807) is 7.05 Å². The average Bonchev–Trinajstić information content (AvgIpc) is 2.13. The number of rotatable bonds is 3. The number of likely N-dealkylation sites (N-methyl/N-ethyl adjacent to an activating group) is 1. The zero-order valence-electron chi connectivity index (χ0n) is 9.98. The van der Waals surface area contributed by atoms with Crippen LogP contribution >= 0.6 is 0 Å². The second kappa shape index (κ2) is 5.30. The van der Waals surface area contributed by atoms with Gasteiger partial charge >= 0.3 is 0 Å². The van der Waals surface area contributed by atoms with E-state index in [9.17, 15) is 9.59 Å². The Morgan fingerprint density at radius 3 is 2.44 bits per heavy atom. The van der Waals surface area contributed by atoms with Crippen LogP contribution in [0.2, 0.25) is 0 Å². The highest BCUT2D eigenvalue weighted by molar-refractivity contribution is 5.84. The molecule has 92 valence electrons. The summed E-state index contributed by atoms with van der Waals surface area (Å²) in [6.07, 6.45) is 2.55. The van der Waals surface area contributed by atoms with Gasteiger partial charge in [-0.25, -0.2) is 0 Å². The zero-order chi connectivity index (χ0) is 12.3. The Balaban J connectivity index is 2.55. The van der Waals surface area contributed by atoms with Crippen molar-refractivity contribution in [3.8, 4) is 0 Å². The number of nitrogens with zero attached hydrogens (tertiary/aromatic N) is 1. The Bertz CT molecular complexity index is 270. The lowest BCUT2D eigenvalue weighted by Gasteiger charge is -2.32. The van der Waals surface area contributed by atoms with Crippen molar-refractivity contribution >= 4 is 11.8 Å². The molecule has 1 fully saturated rings. The second-order valence-electron chi connectivity index (χ2n) is 4.93. The molecular formula is C11H21N3O2. The second-order valence-corrected chi connectivity index (χ2v) is 4.93. The summed E-state index contributed by atoms with van der Waals surface area (Å²) in [5.41, 5.74) is 11.0. The van der Waals surface area contributed by atoms with E-state index in [2.05, 4.69) is 6.92 Å². The maximum atomic E-state index is 12.0. The minimum absolute atomic E-state index is 0.0131. The Kier molecular flexibility index (Phi) is 4.29. The molecule has 0 saturated heterocycles. The van der Waals surface area contributed by atoms with Gasteiger partial charge in [0, 0.05) is 19.0 Å². The fraction of sp³-hybridized carbons (Fsp3) is 0.818. The molecule has 2 amide bonds. The van der Waals surface area contributed by atoms with E-state index in [0.717, 1.165) is 12.8 Å². The van der Waals surface area contributed by atoms with Crippen molar-refractivity contribution in [2.24, 2.45) is 23.3 Å². The lowest BCUT2D eigenvalue weighted by atomic mass is 9.79. The first-order chi connectivity index (χ1) is 7.40. The molecule has 1 rings (SSSR count). The maximum absolute atomic E-state index is 12.0. The molecule has 0 aromatic carbocycles. The molecule has 0 spiro atoms. The molecule has 1 saturated carbocycles. The molecule has 0 aliphatic heterocycles. The Hall–Kier alpha value is -1.10. The highest BCUT2D eigenvalue weighted by Crippen LogP contribution is 2.29. The third-order valence-corrected chi connectivity index (χ3v) is 3.10. The number of primary amides is 1. The molecule has 0 radical (unpaired) electrons. The molecule has 5 heteroatoms. The fourth-order valence-corrected chi connectivity index (χ4v) is 2.48. The number of hydrogen-bond acceptors (Lipinski definition) is 3. The lowest BCUT2D eigenvalue weighted by Crippen LogP contribution is -2.43. The van der Waals surface area contributed by atoms with E-state index < -0.39 is 5.91 Å². The third-order valence-electron chi connectivity index (χ3n) is 3.10. The molecule has 0 aromatic heterocycles. The van der Waals surface area contributed by atoms with Gasteiger partial charge in [0.25, 0.3) is 0 Å². The summed E-state index contributed by atoms with van der Waals surface area (Å²) >= 11 is 0. The van der Waals surface area contributed by atoms with Gasteiger partial charge in [-0.15, -0.1) is 0 Å². The van der Waals surface area contributed by atoms with Gasteiger partial charge in [0.05, 0.1) is 6.54 Å². The van der Waals surface area contributed by atoms with Gasteiger partial charge in [-0.05, 0) is 25.2 Å². The summed E-state index contributed by atoms with van der Waals surface area (Å²) in [6.45, 7) is 2.09. The average molecular weight is 227 g/mol. The predicted octanol–water partition coefficient (Wildman–Crippen LogP) is -0.306. The van der Waals surface area contributed by atoms with Gasteiger partial charge < -0.3 is 16.4 Å². The number of carbonyl (C=O) groups excluding carboxylic acids is 2. The molecule has 0 aromatic rings. The van der Waals surface area contributed by atoms with E-state index in [0.29, 0.717) is 12.3 Å². The van der Waals surface area contributed by atoms with E-state index in [1.807, 2.05) is 0 Å². The minimum Gasteiger partial charge on any atom is -0.368 e. The van der Waals surface area contributed by atoms with Gasteiger partial charge in [0.15, 0.2) is 0 Å². The molecular weight excluding hydrogens is 206 g/mol. The SMILES string of the molecule is CC1CC(N)CC(C(=O)N(C)CC(N)=O)C1. The summed E-state index contributed by atoms with van der Waals surface area (Å²) < 4.78 is 0. The van der Waals surface area contributed by atoms with Gasteiger partial charge in [-0.3, -0.25) is 9.59 Å². The number of hydrogen-bond donors (Lipinski definition) is 2. The molecule has 3 unspecified atom stereocenters. The first-order valence-electron chi connectivity index (χ1n) is 5.69. The molecule has 4 N–H and O–H groups in total. The van der Waals surface area contributed by atoms with Crippen LogP contribution in [0.15, 0.2) is 0 Å². The van der Waals surface area contributed by atoms with Crippen LogP contribution in [0.5, 0.6) is 0 Å². The van der Waals surface area contributed by atoms with Gasteiger partial charge in [-0.2, -0.15) is 0 Å². The van der Waals surface area contributed by atoms with Crippen molar-refractivity contribution in [1.29, 1.82) is 0 Å². The van der Waals surface area contributed by atoms with Crippen molar-refractivity contribution in [2.75, 3.05) is 13.6 Å². The monoisotopic (exact) mass is 227 g/mol. The van der Waals surface area contributed by atoms with Crippen LogP contribution in [0.3, 0.4) is 0 Å². The van der Waals surface area contributed by atoms with Crippen LogP contribution in [0, 0.1) is 11.8 Å². The molecule has 1 aliphatic carbocycles. The van der Waals surface area contributed by atoms with Crippen molar-refractivity contribution in [3.05, 3.63) is 0 Å². The predicted molar refractivity (Wildman–Crippen MR) is 61.3 cm³/mol. The van der Waals surface area contributed by atoms with Crippen LogP contribution in [-0.4, -0.2) is 36.3 Å². The first kappa shape index (κ1) is 13.0. The molecule has 0 bridgehead atoms. The molecule has 3 atom stereocenters. The standard InChI is InChI=1S/C11H21N3O2/c1-7-3-8(5-9(12)4-7)11(16)14(2)6-10(13)15/h7-9H,3-6,12H2,1-2H3,(H2,13,15). The summed E-state index contributed by atoms with van der Waals surface area (Å²) in [4.78, 5) is 24.1. The van der Waals surface area contributed by atoms with Crippen LogP contribution in [0.4, 0.5) is 0 Å². The maximum Gasteiger partial charge on any atom is 0.237 e. The van der Waals surface area contributed by atoms with Crippen LogP contribution in [0.1, 0.15) is 26.2 Å². The number of amides is 2. The van der Waals surface area contributed by atoms with Gasteiger partial charge in [0.2, 0.25) is 11.8 Å². The Morgan fingerprint density at radius 2 is 1.94 bits per heavy atom. The minimum atomic E-state index is -0.482. The molecule has 16 heavy (non-hydrogen) atoms. The highest BCUT2D eigenvalue weighted by atomic mass is 16.2. The van der Waals surface area contributed by atoms with Crippen LogP contribution < -0.4 is 11.5 Å². The smallest absolute Gasteiger partial charge is 0.237 e. The summed E-state index contributed by atoms with van der Waals surface area (Å²) in [6, 6.07) is 0.0969. The zero-order valence-corrected chi connectivity index (χ0v) is 9.98. The number of carbonyl (C=O) groups is 2. The molecule has 0 heterocycles. The van der Waals surface area contributed by atoms with E-state index >= 15 is 0 Å². The van der Waals surface area contributed by atoms with Gasteiger partial charge in [0.1, 0.15) is 0 Å². The Morgan fingerprint density at radius 1 is 1.31 bits per heavy atom. The van der Waals surface area contributed by atoms with E-state index in [4.69, 9.17) is 11.5 Å². The summed E-state index contributed by atoms with van der Waals surface area (Å²) in [7, 11) is 1.61. The van der Waals surface area contributed by atoms with Crippen molar-refractivity contribution in [1.82, 2.24) is 4.90 Å². The first-order valence-corrected chi connectivity index (χ1v) is 5.69. The summed E-state index contributed by atoms with van der Waals surface area (Å²) in [5.74, 6) is -0.0763. The van der Waals surface area contributed by atoms with Crippen LogP contribution in [0.25, 0.3) is 0 Å². The van der Waals surface area contributed by atoms with Crippen molar-refractivity contribution in [2.45, 2.75) is 32.2 Å². The number of nitrogens with two attached hydrogens (primary N) is 2. The normalized spacial score (nSPS) is 29.8.